The molecule has 0 bridgehead atoms. The maximum atomic E-state index is 12.0. The van der Waals surface area contributed by atoms with Crippen molar-refractivity contribution in [2.45, 2.75) is 31.0 Å². The minimum Gasteiger partial charge on any atom is -0.300 e. The Morgan fingerprint density at radius 3 is 2.44 bits per heavy atom. The van der Waals surface area contributed by atoms with Crippen LogP contribution >= 0.6 is 22.9 Å². The van der Waals surface area contributed by atoms with Crippen LogP contribution in [0.3, 0.4) is 0 Å². The molecule has 0 aliphatic rings. The van der Waals surface area contributed by atoms with Crippen LogP contribution in [0.5, 0.6) is 0 Å². The molecule has 0 aliphatic carbocycles. The first-order valence-corrected chi connectivity index (χ1v) is 8.57. The fourth-order valence-corrected chi connectivity index (χ4v) is 4.37. The number of thiophene rings is 1. The number of nitrogens with zero attached hydrogens (tertiary/aromatic N) is 1. The minimum absolute atomic E-state index is 0.171. The molecule has 0 radical (unpaired) electrons. The first-order valence-electron chi connectivity index (χ1n) is 5.89. The van der Waals surface area contributed by atoms with E-state index >= 15 is 0 Å². The summed E-state index contributed by atoms with van der Waals surface area (Å²) in [5.41, 5.74) is 0. The Labute approximate surface area is 118 Å². The molecular formula is C11H19ClN2O2S2. The topological polar surface area (TPSA) is 49.4 Å². The monoisotopic (exact) mass is 310 g/mol. The number of hydrogen-bond acceptors (Lipinski definition) is 4. The second-order valence-corrected chi connectivity index (χ2v) is 7.69. The maximum absolute atomic E-state index is 12.0. The van der Waals surface area contributed by atoms with Crippen LogP contribution in [0.15, 0.2) is 16.3 Å². The summed E-state index contributed by atoms with van der Waals surface area (Å²) in [4.78, 5) is 2.20. The second-order valence-electron chi connectivity index (χ2n) is 3.98. The number of likely N-dealkylation sites (N-methyl/N-ethyl adjacent to an activating group) is 1. The van der Waals surface area contributed by atoms with Crippen LogP contribution in [0.25, 0.3) is 0 Å². The molecule has 1 heterocycles. The van der Waals surface area contributed by atoms with Crippen LogP contribution in [-0.2, 0) is 10.0 Å². The van der Waals surface area contributed by atoms with Gasteiger partial charge in [0, 0.05) is 12.6 Å². The second kappa shape index (κ2) is 6.86. The van der Waals surface area contributed by atoms with Crippen molar-refractivity contribution in [1.82, 2.24) is 9.62 Å². The van der Waals surface area contributed by atoms with E-state index in [1.807, 2.05) is 6.92 Å². The summed E-state index contributed by atoms with van der Waals surface area (Å²) in [6, 6.07) is 3.29. The van der Waals surface area contributed by atoms with Gasteiger partial charge in [0.1, 0.15) is 4.21 Å². The molecule has 1 rings (SSSR count). The van der Waals surface area contributed by atoms with Gasteiger partial charge in [-0.05, 0) is 32.1 Å². The molecule has 0 saturated heterocycles. The molecule has 1 N–H and O–H groups in total. The lowest BCUT2D eigenvalue weighted by Gasteiger charge is -2.26. The van der Waals surface area contributed by atoms with E-state index in [0.717, 1.165) is 24.4 Å². The summed E-state index contributed by atoms with van der Waals surface area (Å²) in [6.45, 7) is 8.35. The molecule has 1 atom stereocenters. The van der Waals surface area contributed by atoms with Crippen LogP contribution in [-0.4, -0.2) is 39.0 Å². The highest BCUT2D eigenvalue weighted by atomic mass is 35.5. The summed E-state index contributed by atoms with van der Waals surface area (Å²) in [6.07, 6.45) is 0. The highest BCUT2D eigenvalue weighted by molar-refractivity contribution is 7.91. The van der Waals surface area contributed by atoms with E-state index in [1.165, 1.54) is 6.07 Å². The lowest BCUT2D eigenvalue weighted by Crippen LogP contribution is -2.41. The molecule has 1 aromatic heterocycles. The van der Waals surface area contributed by atoms with Gasteiger partial charge in [-0.2, -0.15) is 0 Å². The lowest BCUT2D eigenvalue weighted by molar-refractivity contribution is 0.232. The largest absolute Gasteiger partial charge is 0.300 e. The van der Waals surface area contributed by atoms with Gasteiger partial charge in [0.15, 0.2) is 0 Å². The van der Waals surface area contributed by atoms with E-state index in [0.29, 0.717) is 10.9 Å². The van der Waals surface area contributed by atoms with Crippen LogP contribution in [0.4, 0.5) is 0 Å². The molecule has 1 aromatic rings. The Bertz CT molecular complexity index is 469. The molecule has 0 aliphatic heterocycles. The van der Waals surface area contributed by atoms with Crippen molar-refractivity contribution in [1.29, 1.82) is 0 Å². The Morgan fingerprint density at radius 1 is 1.39 bits per heavy atom. The minimum atomic E-state index is -3.43. The fraction of sp³-hybridized carbons (Fsp3) is 0.636. The van der Waals surface area contributed by atoms with Gasteiger partial charge in [0.05, 0.1) is 4.34 Å². The van der Waals surface area contributed by atoms with Crippen molar-refractivity contribution >= 4 is 33.0 Å². The Balaban J connectivity index is 2.62. The first-order chi connectivity index (χ1) is 8.40. The van der Waals surface area contributed by atoms with Gasteiger partial charge in [0.2, 0.25) is 10.0 Å². The van der Waals surface area contributed by atoms with E-state index < -0.39 is 10.0 Å². The molecule has 18 heavy (non-hydrogen) atoms. The van der Waals surface area contributed by atoms with Crippen molar-refractivity contribution < 1.29 is 8.42 Å². The summed E-state index contributed by atoms with van der Waals surface area (Å²) < 4.78 is 27.3. The maximum Gasteiger partial charge on any atom is 0.250 e. The van der Waals surface area contributed by atoms with Gasteiger partial charge >= 0.3 is 0 Å². The number of sulfonamides is 1. The van der Waals surface area contributed by atoms with Crippen LogP contribution < -0.4 is 4.72 Å². The van der Waals surface area contributed by atoms with Crippen molar-refractivity contribution in [3.05, 3.63) is 16.5 Å². The van der Waals surface area contributed by atoms with E-state index in [2.05, 4.69) is 23.5 Å². The molecule has 1 unspecified atom stereocenters. The van der Waals surface area contributed by atoms with Crippen molar-refractivity contribution in [2.75, 3.05) is 19.6 Å². The molecule has 0 amide bonds. The average Bonchev–Trinajstić information content (AvgIpc) is 2.76. The first kappa shape index (κ1) is 15.9. The molecule has 0 aromatic carbocycles. The number of halogens is 1. The summed E-state index contributed by atoms with van der Waals surface area (Å²) in [5.74, 6) is 0. The van der Waals surface area contributed by atoms with Gasteiger partial charge in [-0.25, -0.2) is 13.1 Å². The van der Waals surface area contributed by atoms with Crippen LogP contribution in [0.1, 0.15) is 20.8 Å². The third-order valence-electron chi connectivity index (χ3n) is 2.82. The highest BCUT2D eigenvalue weighted by Crippen LogP contribution is 2.25. The fourth-order valence-electron chi connectivity index (χ4n) is 1.72. The predicted molar refractivity (Wildman–Crippen MR) is 76.9 cm³/mol. The summed E-state index contributed by atoms with van der Waals surface area (Å²) >= 11 is 6.81. The van der Waals surface area contributed by atoms with Crippen molar-refractivity contribution in [3.63, 3.8) is 0 Å². The normalized spacial score (nSPS) is 14.1. The van der Waals surface area contributed by atoms with Crippen molar-refractivity contribution in [2.24, 2.45) is 0 Å². The molecule has 0 fully saturated rings. The zero-order valence-corrected chi connectivity index (χ0v) is 13.2. The van der Waals surface area contributed by atoms with Gasteiger partial charge in [-0.3, -0.25) is 4.90 Å². The van der Waals surface area contributed by atoms with E-state index in [-0.39, 0.29) is 10.3 Å². The smallest absolute Gasteiger partial charge is 0.250 e. The molecule has 4 nitrogen and oxygen atoms in total. The summed E-state index contributed by atoms with van der Waals surface area (Å²) in [7, 11) is -3.43. The number of rotatable bonds is 7. The zero-order valence-electron chi connectivity index (χ0n) is 10.8. The van der Waals surface area contributed by atoms with Gasteiger partial charge in [-0.15, -0.1) is 11.3 Å². The lowest BCUT2D eigenvalue weighted by atomic mass is 10.3. The molecule has 104 valence electrons. The molecule has 0 spiro atoms. The Hall–Kier alpha value is -0.140. The third kappa shape index (κ3) is 4.20. The highest BCUT2D eigenvalue weighted by Gasteiger charge is 2.18. The van der Waals surface area contributed by atoms with Gasteiger partial charge in [0.25, 0.3) is 0 Å². The molecule has 0 saturated carbocycles. The molecular weight excluding hydrogens is 292 g/mol. The van der Waals surface area contributed by atoms with E-state index in [9.17, 15) is 8.42 Å². The number of hydrogen-bond donors (Lipinski definition) is 1. The third-order valence-corrected chi connectivity index (χ3v) is 5.96. The molecule has 7 heteroatoms. The van der Waals surface area contributed by atoms with Gasteiger partial charge in [-0.1, -0.05) is 25.4 Å². The van der Waals surface area contributed by atoms with Crippen LogP contribution in [0, 0.1) is 0 Å². The van der Waals surface area contributed by atoms with E-state index in [4.69, 9.17) is 11.6 Å². The predicted octanol–water partition coefficient (Wildman–Crippen LogP) is 2.41. The number of nitrogens with one attached hydrogen (secondary N) is 1. The van der Waals surface area contributed by atoms with E-state index in [1.54, 1.807) is 6.07 Å². The average molecular weight is 311 g/mol. The quantitative estimate of drug-likeness (QED) is 0.841. The Kier molecular flexibility index (Phi) is 6.07. The summed E-state index contributed by atoms with van der Waals surface area (Å²) in [5, 5.41) is 0. The van der Waals surface area contributed by atoms with Crippen molar-refractivity contribution in [3.8, 4) is 0 Å². The Morgan fingerprint density at radius 2 is 2.00 bits per heavy atom. The zero-order chi connectivity index (χ0) is 13.8. The van der Waals surface area contributed by atoms with Gasteiger partial charge < -0.3 is 0 Å². The van der Waals surface area contributed by atoms with Crippen LogP contribution in [0.2, 0.25) is 4.34 Å². The standard InChI is InChI=1S/C11H19ClN2O2S2/c1-4-14(5-2)9(3)8-13-18(15,16)11-7-6-10(12)17-11/h6-7,9,13H,4-5,8H2,1-3H3. The SMILES string of the molecule is CCN(CC)C(C)CNS(=O)(=O)c1ccc(Cl)s1.